The molecule has 0 saturated heterocycles. The molecule has 0 aliphatic carbocycles. The Hall–Kier alpha value is -2.34. The summed E-state index contributed by atoms with van der Waals surface area (Å²) in [5, 5.41) is 12.1. The second-order valence-electron chi connectivity index (χ2n) is 4.36. The highest BCUT2D eigenvalue weighted by Gasteiger charge is 2.19. The first-order valence-electron chi connectivity index (χ1n) is 6.15. The van der Waals surface area contributed by atoms with Crippen LogP contribution in [0.4, 0.5) is 13.2 Å². The highest BCUT2D eigenvalue weighted by Crippen LogP contribution is 2.16. The van der Waals surface area contributed by atoms with Gasteiger partial charge in [0.1, 0.15) is 0 Å². The Morgan fingerprint density at radius 3 is 2.38 bits per heavy atom. The van der Waals surface area contributed by atoms with Gasteiger partial charge in [0.05, 0.1) is 11.7 Å². The van der Waals surface area contributed by atoms with Gasteiger partial charge in [0, 0.05) is 6.54 Å². The molecule has 6 heteroatoms. The Balaban J connectivity index is 2.04. The van der Waals surface area contributed by atoms with Crippen molar-refractivity contribution in [2.45, 2.75) is 6.10 Å². The van der Waals surface area contributed by atoms with E-state index in [1.807, 2.05) is 0 Å². The predicted molar refractivity (Wildman–Crippen MR) is 70.1 cm³/mol. The summed E-state index contributed by atoms with van der Waals surface area (Å²) < 4.78 is 39.2. The molecule has 0 aromatic heterocycles. The van der Waals surface area contributed by atoms with Gasteiger partial charge in [-0.25, -0.2) is 13.2 Å². The highest BCUT2D eigenvalue weighted by molar-refractivity contribution is 5.94. The molecule has 1 unspecified atom stereocenters. The number of halogens is 3. The van der Waals surface area contributed by atoms with Crippen molar-refractivity contribution in [2.24, 2.45) is 0 Å². The van der Waals surface area contributed by atoms with Crippen LogP contribution in [0.25, 0.3) is 0 Å². The summed E-state index contributed by atoms with van der Waals surface area (Å²) in [6.07, 6.45) is -0.983. The molecule has 21 heavy (non-hydrogen) atoms. The monoisotopic (exact) mass is 295 g/mol. The lowest BCUT2D eigenvalue weighted by atomic mass is 10.1. The molecule has 0 heterocycles. The molecule has 0 aliphatic rings. The van der Waals surface area contributed by atoms with E-state index in [9.17, 15) is 23.1 Å². The molecule has 2 N–H and O–H groups in total. The van der Waals surface area contributed by atoms with E-state index in [-0.39, 0.29) is 6.54 Å². The summed E-state index contributed by atoms with van der Waals surface area (Å²) in [5.41, 5.74) is -0.0438. The van der Waals surface area contributed by atoms with Gasteiger partial charge >= 0.3 is 0 Å². The Kier molecular flexibility index (Phi) is 4.59. The third-order valence-corrected chi connectivity index (χ3v) is 2.92. The van der Waals surface area contributed by atoms with Gasteiger partial charge in [-0.05, 0) is 17.7 Å². The van der Waals surface area contributed by atoms with Crippen LogP contribution in [-0.2, 0) is 0 Å². The van der Waals surface area contributed by atoms with Crippen LogP contribution in [0.3, 0.4) is 0 Å². The average molecular weight is 295 g/mol. The van der Waals surface area contributed by atoms with Crippen molar-refractivity contribution < 1.29 is 23.1 Å². The summed E-state index contributed by atoms with van der Waals surface area (Å²) in [4.78, 5) is 11.7. The molecule has 2 aromatic carbocycles. The Morgan fingerprint density at radius 2 is 1.71 bits per heavy atom. The zero-order chi connectivity index (χ0) is 15.4. The Labute approximate surface area is 119 Å². The lowest BCUT2D eigenvalue weighted by Gasteiger charge is -2.12. The molecule has 0 bridgehead atoms. The molecule has 1 atom stereocenters. The fourth-order valence-electron chi connectivity index (χ4n) is 1.78. The van der Waals surface area contributed by atoms with E-state index in [2.05, 4.69) is 5.32 Å². The van der Waals surface area contributed by atoms with Crippen molar-refractivity contribution in [1.82, 2.24) is 5.32 Å². The number of aliphatic hydroxyl groups excluding tert-OH is 1. The molecule has 0 spiro atoms. The standard InChI is InChI=1S/C15H12F3NO2/c16-11-7-6-10(13(17)14(11)18)15(21)19-8-12(20)9-4-2-1-3-5-9/h1-7,12,20H,8H2,(H,19,21). The van der Waals surface area contributed by atoms with Crippen molar-refractivity contribution in [3.8, 4) is 0 Å². The van der Waals surface area contributed by atoms with Gasteiger partial charge < -0.3 is 10.4 Å². The van der Waals surface area contributed by atoms with E-state index in [1.54, 1.807) is 30.3 Å². The normalized spacial score (nSPS) is 12.0. The van der Waals surface area contributed by atoms with E-state index < -0.39 is 35.0 Å². The van der Waals surface area contributed by atoms with Gasteiger partial charge in [-0.1, -0.05) is 30.3 Å². The van der Waals surface area contributed by atoms with Crippen molar-refractivity contribution in [3.63, 3.8) is 0 Å². The van der Waals surface area contributed by atoms with Crippen LogP contribution in [0, 0.1) is 17.5 Å². The first kappa shape index (κ1) is 15.1. The van der Waals surface area contributed by atoms with Crippen molar-refractivity contribution in [2.75, 3.05) is 6.54 Å². The second-order valence-corrected chi connectivity index (χ2v) is 4.36. The molecule has 0 saturated carbocycles. The van der Waals surface area contributed by atoms with E-state index in [0.29, 0.717) is 11.6 Å². The third-order valence-electron chi connectivity index (χ3n) is 2.92. The molecule has 0 aliphatic heterocycles. The molecule has 1 amide bonds. The van der Waals surface area contributed by atoms with E-state index in [0.717, 1.165) is 6.07 Å². The van der Waals surface area contributed by atoms with Crippen LogP contribution in [-0.4, -0.2) is 17.6 Å². The van der Waals surface area contributed by atoms with Crippen LogP contribution < -0.4 is 5.32 Å². The van der Waals surface area contributed by atoms with Gasteiger partial charge in [0.2, 0.25) is 0 Å². The lowest BCUT2D eigenvalue weighted by molar-refractivity contribution is 0.0911. The number of carbonyl (C=O) groups is 1. The topological polar surface area (TPSA) is 49.3 Å². The maximum absolute atomic E-state index is 13.4. The van der Waals surface area contributed by atoms with Crippen LogP contribution in [0.2, 0.25) is 0 Å². The molecule has 2 aromatic rings. The number of hydrogen-bond donors (Lipinski definition) is 2. The molecule has 0 fully saturated rings. The van der Waals surface area contributed by atoms with Crippen LogP contribution in [0.5, 0.6) is 0 Å². The Bertz CT molecular complexity index is 647. The molecule has 110 valence electrons. The van der Waals surface area contributed by atoms with E-state index in [1.165, 1.54) is 0 Å². The SMILES string of the molecule is O=C(NCC(O)c1ccccc1)c1ccc(F)c(F)c1F. The second kappa shape index (κ2) is 6.41. The molecule has 0 radical (unpaired) electrons. The average Bonchev–Trinajstić information content (AvgIpc) is 2.51. The number of amides is 1. The minimum absolute atomic E-state index is 0.179. The van der Waals surface area contributed by atoms with Crippen LogP contribution in [0.1, 0.15) is 22.0 Å². The minimum atomic E-state index is -1.70. The number of carbonyl (C=O) groups excluding carboxylic acids is 1. The predicted octanol–water partition coefficient (Wildman–Crippen LogP) is 2.57. The molecule has 2 rings (SSSR count). The summed E-state index contributed by atoms with van der Waals surface area (Å²) in [7, 11) is 0. The summed E-state index contributed by atoms with van der Waals surface area (Å²) >= 11 is 0. The number of rotatable bonds is 4. The van der Waals surface area contributed by atoms with Gasteiger partial charge in [0.15, 0.2) is 17.5 Å². The van der Waals surface area contributed by atoms with Crippen molar-refractivity contribution in [3.05, 3.63) is 71.0 Å². The first-order valence-corrected chi connectivity index (χ1v) is 6.15. The number of benzene rings is 2. The molecular formula is C15H12F3NO2. The van der Waals surface area contributed by atoms with Crippen molar-refractivity contribution in [1.29, 1.82) is 0 Å². The summed E-state index contributed by atoms with van der Waals surface area (Å²) in [6, 6.07) is 10.0. The fourth-order valence-corrected chi connectivity index (χ4v) is 1.78. The molecule has 3 nitrogen and oxygen atoms in total. The fraction of sp³-hybridized carbons (Fsp3) is 0.133. The lowest BCUT2D eigenvalue weighted by Crippen LogP contribution is -2.29. The first-order chi connectivity index (χ1) is 10.0. The van der Waals surface area contributed by atoms with Gasteiger partial charge in [-0.2, -0.15) is 0 Å². The van der Waals surface area contributed by atoms with Crippen LogP contribution >= 0.6 is 0 Å². The van der Waals surface area contributed by atoms with E-state index in [4.69, 9.17) is 0 Å². The molecular weight excluding hydrogens is 283 g/mol. The van der Waals surface area contributed by atoms with Gasteiger partial charge in [0.25, 0.3) is 5.91 Å². The Morgan fingerprint density at radius 1 is 1.05 bits per heavy atom. The van der Waals surface area contributed by atoms with Gasteiger partial charge in [-0.15, -0.1) is 0 Å². The maximum Gasteiger partial charge on any atom is 0.254 e. The van der Waals surface area contributed by atoms with Gasteiger partial charge in [-0.3, -0.25) is 4.79 Å². The smallest absolute Gasteiger partial charge is 0.254 e. The summed E-state index contributed by atoms with van der Waals surface area (Å²) in [5.74, 6) is -5.55. The van der Waals surface area contributed by atoms with Crippen LogP contribution in [0.15, 0.2) is 42.5 Å². The van der Waals surface area contributed by atoms with E-state index >= 15 is 0 Å². The number of hydrogen-bond acceptors (Lipinski definition) is 2. The maximum atomic E-state index is 13.4. The number of nitrogens with one attached hydrogen (secondary N) is 1. The minimum Gasteiger partial charge on any atom is -0.387 e. The zero-order valence-corrected chi connectivity index (χ0v) is 10.8. The summed E-state index contributed by atoms with van der Waals surface area (Å²) in [6.45, 7) is -0.179. The quantitative estimate of drug-likeness (QED) is 0.852. The largest absolute Gasteiger partial charge is 0.387 e. The highest BCUT2D eigenvalue weighted by atomic mass is 19.2. The number of aliphatic hydroxyl groups is 1. The van der Waals surface area contributed by atoms with Crippen molar-refractivity contribution >= 4 is 5.91 Å². The third kappa shape index (κ3) is 3.41. The zero-order valence-electron chi connectivity index (χ0n) is 10.8.